The average molecular weight is 545 g/mol. The molecule has 1 aliphatic rings. The number of fused-ring (bicyclic) bond motifs is 1. The summed E-state index contributed by atoms with van der Waals surface area (Å²) in [5.74, 6) is 1.67. The molecule has 5 nitrogen and oxygen atoms in total. The Kier molecular flexibility index (Phi) is 10.2. The number of likely N-dealkylation sites (tertiary alicyclic amines) is 1. The van der Waals surface area contributed by atoms with Gasteiger partial charge in [0.15, 0.2) is 0 Å². The van der Waals surface area contributed by atoms with Crippen LogP contribution in [0, 0.1) is 18.8 Å². The molecule has 3 aromatic rings. The lowest BCUT2D eigenvalue weighted by atomic mass is 9.79. The molecule has 0 aliphatic carbocycles. The van der Waals surface area contributed by atoms with E-state index in [2.05, 4.69) is 28.9 Å². The van der Waals surface area contributed by atoms with E-state index in [-0.39, 0.29) is 6.42 Å². The zero-order valence-corrected chi connectivity index (χ0v) is 23.3. The number of hydrogen-bond acceptors (Lipinski definition) is 6. The summed E-state index contributed by atoms with van der Waals surface area (Å²) in [6, 6.07) is 11.7. The molecule has 0 radical (unpaired) electrons. The molecule has 0 saturated carbocycles. The smallest absolute Gasteiger partial charge is 0.303 e. The van der Waals surface area contributed by atoms with Crippen LogP contribution in [0.2, 0.25) is 0 Å². The molecular weight excluding hydrogens is 507 g/mol. The molecule has 0 bridgehead atoms. The second-order valence-electron chi connectivity index (χ2n) is 9.94. The summed E-state index contributed by atoms with van der Waals surface area (Å²) in [7, 11) is 1.61. The molecule has 3 atom stereocenters. The number of pyridine rings is 1. The van der Waals surface area contributed by atoms with Gasteiger partial charge in [0.25, 0.3) is 0 Å². The molecule has 2 unspecified atom stereocenters. The highest BCUT2D eigenvalue weighted by atomic mass is 32.2. The van der Waals surface area contributed by atoms with E-state index in [1.165, 1.54) is 9.09 Å². The molecular formula is C29H37FN2O3S2. The van der Waals surface area contributed by atoms with Crippen molar-refractivity contribution in [3.63, 3.8) is 0 Å². The normalized spacial score (nSPS) is 19.2. The Balaban J connectivity index is 1.32. The fourth-order valence-corrected chi connectivity index (χ4v) is 7.50. The number of hydrogen-bond donors (Lipinski definition) is 1. The van der Waals surface area contributed by atoms with Crippen molar-refractivity contribution in [3.8, 4) is 5.75 Å². The fraction of sp³-hybridized carbons (Fsp3) is 0.517. The summed E-state index contributed by atoms with van der Waals surface area (Å²) in [4.78, 5) is 19.5. The largest absolute Gasteiger partial charge is 0.497 e. The van der Waals surface area contributed by atoms with Crippen LogP contribution in [0.4, 0.5) is 4.39 Å². The van der Waals surface area contributed by atoms with Crippen molar-refractivity contribution >= 4 is 40.0 Å². The number of carboxylic acids is 1. The fourth-order valence-electron chi connectivity index (χ4n) is 5.39. The first-order valence-corrected chi connectivity index (χ1v) is 14.9. The summed E-state index contributed by atoms with van der Waals surface area (Å²) in [5.41, 5.74) is 1.42. The first-order chi connectivity index (χ1) is 17.9. The lowest BCUT2D eigenvalue weighted by molar-refractivity contribution is -0.137. The number of nitrogens with zero attached hydrogens (tertiary/aromatic N) is 2. The predicted octanol–water partition coefficient (Wildman–Crippen LogP) is 7.39. The molecule has 1 fully saturated rings. The molecule has 0 amide bonds. The van der Waals surface area contributed by atoms with Crippen LogP contribution in [-0.4, -0.2) is 53.5 Å². The molecule has 8 heteroatoms. The number of piperidine rings is 1. The molecule has 1 aliphatic heterocycles. The Morgan fingerprint density at radius 1 is 1.27 bits per heavy atom. The minimum Gasteiger partial charge on any atom is -0.497 e. The van der Waals surface area contributed by atoms with Gasteiger partial charge in [-0.2, -0.15) is 0 Å². The van der Waals surface area contributed by atoms with Gasteiger partial charge < -0.3 is 14.7 Å². The van der Waals surface area contributed by atoms with Gasteiger partial charge in [0.2, 0.25) is 0 Å². The topological polar surface area (TPSA) is 62.7 Å². The van der Waals surface area contributed by atoms with Gasteiger partial charge in [-0.05, 0) is 106 Å². The van der Waals surface area contributed by atoms with Crippen LogP contribution < -0.4 is 4.74 Å². The molecule has 37 heavy (non-hydrogen) atoms. The maximum Gasteiger partial charge on any atom is 0.303 e. The van der Waals surface area contributed by atoms with Crippen LogP contribution in [0.25, 0.3) is 10.9 Å². The molecule has 0 spiro atoms. The van der Waals surface area contributed by atoms with Gasteiger partial charge in [-0.1, -0.05) is 0 Å². The van der Waals surface area contributed by atoms with E-state index >= 15 is 4.39 Å². The number of alkyl halides is 1. The van der Waals surface area contributed by atoms with Gasteiger partial charge in [0.05, 0.1) is 16.8 Å². The van der Waals surface area contributed by atoms with Crippen LogP contribution in [0.3, 0.4) is 0 Å². The number of aromatic nitrogens is 1. The van der Waals surface area contributed by atoms with E-state index in [1.54, 1.807) is 19.4 Å². The third-order valence-electron chi connectivity index (χ3n) is 7.39. The van der Waals surface area contributed by atoms with Crippen LogP contribution >= 0.6 is 23.1 Å². The standard InChI is InChI=1S/C29H37FN2O3S2/c1-20-4-11-29(37-20)36-17-3-15-32-16-13-21(22(19-32)6-10-28(33)34)5-8-26(30)24-12-14-31-27-9-7-23(35-2)18-25(24)27/h4,7,9,11-12,14,18,21-22,26H,3,5-6,8,10,13,15-17,19H2,1-2H3,(H,33,34)/t21?,22?,26-/m0/s1. The van der Waals surface area contributed by atoms with Crippen LogP contribution in [0.1, 0.15) is 55.1 Å². The first kappa shape index (κ1) is 27.9. The van der Waals surface area contributed by atoms with Crippen LogP contribution in [-0.2, 0) is 4.79 Å². The minimum absolute atomic E-state index is 0.177. The molecule has 2 aromatic heterocycles. The second kappa shape index (κ2) is 13.6. The number of thioether (sulfide) groups is 1. The van der Waals surface area contributed by atoms with Gasteiger partial charge in [0.1, 0.15) is 11.9 Å². The number of thiophene rings is 1. The van der Waals surface area contributed by atoms with E-state index < -0.39 is 12.1 Å². The number of methoxy groups -OCH3 is 1. The minimum atomic E-state index is -1.09. The van der Waals surface area contributed by atoms with Crippen molar-refractivity contribution in [2.45, 2.75) is 55.8 Å². The maximum absolute atomic E-state index is 15.5. The quantitative estimate of drug-likeness (QED) is 0.179. The highest BCUT2D eigenvalue weighted by Gasteiger charge is 2.30. The number of aliphatic carboxylic acids is 1. The molecule has 3 heterocycles. The molecule has 4 rings (SSSR count). The van der Waals surface area contributed by atoms with E-state index in [1.807, 2.05) is 41.3 Å². The SMILES string of the molecule is COc1ccc2nccc([C@@H](F)CCC3CCN(CCCSc4ccc(C)s4)CC3CCC(=O)O)c2c1. The van der Waals surface area contributed by atoms with Crippen molar-refractivity contribution in [1.29, 1.82) is 0 Å². The molecule has 1 aromatic carbocycles. The third kappa shape index (κ3) is 7.91. The number of benzene rings is 1. The molecule has 200 valence electrons. The number of ether oxygens (including phenoxy) is 1. The van der Waals surface area contributed by atoms with Gasteiger partial charge >= 0.3 is 5.97 Å². The van der Waals surface area contributed by atoms with Crippen molar-refractivity contribution < 1.29 is 19.0 Å². The van der Waals surface area contributed by atoms with E-state index in [0.717, 1.165) is 55.6 Å². The van der Waals surface area contributed by atoms with Crippen molar-refractivity contribution in [2.75, 3.05) is 32.5 Å². The Labute approximate surface area is 227 Å². The maximum atomic E-state index is 15.5. The summed E-state index contributed by atoms with van der Waals surface area (Å²) in [5, 5.41) is 10.1. The van der Waals surface area contributed by atoms with Crippen molar-refractivity contribution in [3.05, 3.63) is 53.0 Å². The number of rotatable bonds is 13. The van der Waals surface area contributed by atoms with E-state index in [9.17, 15) is 9.90 Å². The van der Waals surface area contributed by atoms with E-state index in [4.69, 9.17) is 4.74 Å². The Morgan fingerprint density at radius 2 is 2.14 bits per heavy atom. The second-order valence-corrected chi connectivity index (χ2v) is 12.6. The summed E-state index contributed by atoms with van der Waals surface area (Å²) in [6.07, 6.45) is 4.73. The summed E-state index contributed by atoms with van der Waals surface area (Å²) >= 11 is 3.76. The summed E-state index contributed by atoms with van der Waals surface area (Å²) < 4.78 is 22.3. The Morgan fingerprint density at radius 3 is 2.89 bits per heavy atom. The zero-order valence-electron chi connectivity index (χ0n) is 21.7. The highest BCUT2D eigenvalue weighted by Crippen LogP contribution is 2.37. The van der Waals surface area contributed by atoms with Gasteiger partial charge in [-0.3, -0.25) is 9.78 Å². The van der Waals surface area contributed by atoms with Gasteiger partial charge in [0, 0.05) is 35.2 Å². The van der Waals surface area contributed by atoms with Crippen molar-refractivity contribution in [2.24, 2.45) is 11.8 Å². The lowest BCUT2D eigenvalue weighted by Crippen LogP contribution is -2.41. The number of halogens is 1. The predicted molar refractivity (Wildman–Crippen MR) is 151 cm³/mol. The van der Waals surface area contributed by atoms with Crippen molar-refractivity contribution in [1.82, 2.24) is 9.88 Å². The molecule has 1 saturated heterocycles. The van der Waals surface area contributed by atoms with Gasteiger partial charge in [-0.15, -0.1) is 23.1 Å². The Hall–Kier alpha value is -2.16. The zero-order chi connectivity index (χ0) is 26.2. The number of aryl methyl sites for hydroxylation is 1. The van der Waals surface area contributed by atoms with Gasteiger partial charge in [-0.25, -0.2) is 4.39 Å². The summed E-state index contributed by atoms with van der Waals surface area (Å²) in [6.45, 7) is 5.08. The molecule has 1 N–H and O–H groups in total. The highest BCUT2D eigenvalue weighted by molar-refractivity contribution is 8.01. The first-order valence-electron chi connectivity index (χ1n) is 13.1. The number of carbonyl (C=O) groups is 1. The van der Waals surface area contributed by atoms with Crippen LogP contribution in [0.15, 0.2) is 46.8 Å². The third-order valence-corrected chi connectivity index (χ3v) is 9.71. The lowest BCUT2D eigenvalue weighted by Gasteiger charge is -2.39. The average Bonchev–Trinajstić information content (AvgIpc) is 3.33. The number of carboxylic acid groups (broad SMARTS) is 1. The monoisotopic (exact) mass is 544 g/mol. The van der Waals surface area contributed by atoms with Crippen LogP contribution in [0.5, 0.6) is 5.75 Å². The van der Waals surface area contributed by atoms with E-state index in [0.29, 0.717) is 36.0 Å². The Bertz CT molecular complexity index is 1170.